The third kappa shape index (κ3) is 4.51. The molecule has 24 heavy (non-hydrogen) atoms. The molecule has 0 saturated carbocycles. The van der Waals surface area contributed by atoms with Gasteiger partial charge in [-0.1, -0.05) is 64.8 Å². The van der Waals surface area contributed by atoms with Gasteiger partial charge in [-0.2, -0.15) is 0 Å². The summed E-state index contributed by atoms with van der Waals surface area (Å²) in [5.41, 5.74) is 10.5. The van der Waals surface area contributed by atoms with Crippen molar-refractivity contribution in [2.75, 3.05) is 5.32 Å². The summed E-state index contributed by atoms with van der Waals surface area (Å²) in [6.07, 6.45) is 10.2. The summed E-state index contributed by atoms with van der Waals surface area (Å²) < 4.78 is 0. The first kappa shape index (κ1) is 18.8. The average Bonchev–Trinajstić information content (AvgIpc) is 2.58. The van der Waals surface area contributed by atoms with Crippen LogP contribution in [0.15, 0.2) is 53.8 Å². The van der Waals surface area contributed by atoms with Gasteiger partial charge >= 0.3 is 0 Å². The normalized spacial score (nSPS) is 23.2. The van der Waals surface area contributed by atoms with E-state index in [2.05, 4.69) is 69.4 Å². The summed E-state index contributed by atoms with van der Waals surface area (Å²) in [7, 11) is 0. The van der Waals surface area contributed by atoms with Crippen LogP contribution in [-0.4, -0.2) is 5.54 Å². The van der Waals surface area contributed by atoms with E-state index in [4.69, 9.17) is 5.73 Å². The highest BCUT2D eigenvalue weighted by molar-refractivity contribution is 5.54. The smallest absolute Gasteiger partial charge is 0.0407 e. The van der Waals surface area contributed by atoms with Crippen molar-refractivity contribution in [1.29, 1.82) is 0 Å². The first-order chi connectivity index (χ1) is 11.5. The van der Waals surface area contributed by atoms with Gasteiger partial charge in [-0.25, -0.2) is 0 Å². The van der Waals surface area contributed by atoms with Crippen LogP contribution in [0.1, 0.15) is 59.8 Å². The predicted octanol–water partition coefficient (Wildman–Crippen LogP) is 5.88. The van der Waals surface area contributed by atoms with Crippen molar-refractivity contribution in [2.24, 2.45) is 17.6 Å². The number of benzene rings is 1. The molecule has 1 aliphatic rings. The lowest BCUT2D eigenvalue weighted by Gasteiger charge is -2.38. The molecule has 2 heteroatoms. The fourth-order valence-corrected chi connectivity index (χ4v) is 3.72. The SMILES string of the molecule is CCCC(C)C1=C(Nc2ccccc2)C=CC(N)(C(C)CCC)C1. The molecule has 2 nitrogen and oxygen atoms in total. The van der Waals surface area contributed by atoms with Gasteiger partial charge in [-0.15, -0.1) is 0 Å². The van der Waals surface area contributed by atoms with Crippen LogP contribution in [-0.2, 0) is 0 Å². The highest BCUT2D eigenvalue weighted by Gasteiger charge is 2.34. The number of allylic oxidation sites excluding steroid dienone is 1. The monoisotopic (exact) mass is 326 g/mol. The number of hydrogen-bond donors (Lipinski definition) is 2. The highest BCUT2D eigenvalue weighted by atomic mass is 14.9. The van der Waals surface area contributed by atoms with Crippen molar-refractivity contribution < 1.29 is 0 Å². The van der Waals surface area contributed by atoms with Crippen LogP contribution < -0.4 is 11.1 Å². The van der Waals surface area contributed by atoms with Gasteiger partial charge in [0.05, 0.1) is 0 Å². The van der Waals surface area contributed by atoms with E-state index in [1.165, 1.54) is 37.0 Å². The molecule has 3 unspecified atom stereocenters. The Bertz CT molecular complexity index is 573. The summed E-state index contributed by atoms with van der Waals surface area (Å²) in [6, 6.07) is 10.4. The van der Waals surface area contributed by atoms with Gasteiger partial charge in [0.15, 0.2) is 0 Å². The first-order valence-corrected chi connectivity index (χ1v) is 9.53. The minimum absolute atomic E-state index is 0.213. The molecule has 1 aliphatic carbocycles. The van der Waals surface area contributed by atoms with Gasteiger partial charge in [-0.3, -0.25) is 0 Å². The maximum atomic E-state index is 6.82. The quantitative estimate of drug-likeness (QED) is 0.626. The van der Waals surface area contributed by atoms with E-state index >= 15 is 0 Å². The van der Waals surface area contributed by atoms with Crippen molar-refractivity contribution in [1.82, 2.24) is 0 Å². The van der Waals surface area contributed by atoms with Crippen LogP contribution in [0.2, 0.25) is 0 Å². The van der Waals surface area contributed by atoms with E-state index in [-0.39, 0.29) is 5.54 Å². The molecule has 2 rings (SSSR count). The van der Waals surface area contributed by atoms with Gasteiger partial charge in [0, 0.05) is 16.9 Å². The van der Waals surface area contributed by atoms with E-state index in [1.54, 1.807) is 0 Å². The largest absolute Gasteiger partial charge is 0.356 e. The van der Waals surface area contributed by atoms with E-state index in [0.29, 0.717) is 11.8 Å². The molecule has 132 valence electrons. The van der Waals surface area contributed by atoms with E-state index < -0.39 is 0 Å². The lowest BCUT2D eigenvalue weighted by molar-refractivity contribution is 0.318. The minimum atomic E-state index is -0.213. The number of hydrogen-bond acceptors (Lipinski definition) is 2. The zero-order valence-corrected chi connectivity index (χ0v) is 15.8. The van der Waals surface area contributed by atoms with E-state index in [1.807, 2.05) is 6.07 Å². The Kier molecular flexibility index (Phi) is 6.68. The van der Waals surface area contributed by atoms with Crippen LogP contribution in [0.4, 0.5) is 5.69 Å². The highest BCUT2D eigenvalue weighted by Crippen LogP contribution is 2.37. The molecule has 3 N–H and O–H groups in total. The van der Waals surface area contributed by atoms with E-state index in [0.717, 1.165) is 12.1 Å². The Morgan fingerprint density at radius 3 is 2.38 bits per heavy atom. The molecule has 0 heterocycles. The van der Waals surface area contributed by atoms with Crippen LogP contribution in [0.25, 0.3) is 0 Å². The maximum Gasteiger partial charge on any atom is 0.0407 e. The Balaban J connectivity index is 2.28. The maximum absolute atomic E-state index is 6.82. The number of nitrogens with one attached hydrogen (secondary N) is 1. The molecule has 0 amide bonds. The molecule has 3 atom stereocenters. The molecule has 1 aromatic rings. The second kappa shape index (κ2) is 8.53. The van der Waals surface area contributed by atoms with Gasteiger partial charge in [0.2, 0.25) is 0 Å². The number of rotatable bonds is 8. The van der Waals surface area contributed by atoms with Crippen molar-refractivity contribution >= 4 is 5.69 Å². The summed E-state index contributed by atoms with van der Waals surface area (Å²) in [6.45, 7) is 9.14. The first-order valence-electron chi connectivity index (χ1n) is 9.53. The molecule has 0 radical (unpaired) electrons. The number of para-hydroxylation sites is 1. The molecule has 0 aromatic heterocycles. The Morgan fingerprint density at radius 1 is 1.08 bits per heavy atom. The van der Waals surface area contributed by atoms with Gasteiger partial charge in [0.25, 0.3) is 0 Å². The Hall–Kier alpha value is -1.54. The van der Waals surface area contributed by atoms with Crippen molar-refractivity contribution in [2.45, 2.75) is 65.3 Å². The second-order valence-electron chi connectivity index (χ2n) is 7.43. The lowest BCUT2D eigenvalue weighted by atomic mass is 9.72. The third-order valence-corrected chi connectivity index (χ3v) is 5.41. The molecule has 0 bridgehead atoms. The Labute approximate surface area is 148 Å². The zero-order chi connectivity index (χ0) is 17.6. The number of nitrogens with two attached hydrogens (primary N) is 1. The van der Waals surface area contributed by atoms with Crippen LogP contribution in [0.3, 0.4) is 0 Å². The topological polar surface area (TPSA) is 38.0 Å². The summed E-state index contributed by atoms with van der Waals surface area (Å²) in [5.74, 6) is 1.06. The van der Waals surface area contributed by atoms with Crippen LogP contribution >= 0.6 is 0 Å². The molecule has 0 spiro atoms. The van der Waals surface area contributed by atoms with Crippen molar-refractivity contribution in [3.05, 3.63) is 53.8 Å². The molecular formula is C22H34N2. The Morgan fingerprint density at radius 2 is 1.75 bits per heavy atom. The lowest BCUT2D eigenvalue weighted by Crippen LogP contribution is -2.46. The van der Waals surface area contributed by atoms with Gasteiger partial charge in [-0.05, 0) is 54.9 Å². The minimum Gasteiger partial charge on any atom is -0.356 e. The molecular weight excluding hydrogens is 292 g/mol. The fraction of sp³-hybridized carbons (Fsp3) is 0.545. The summed E-state index contributed by atoms with van der Waals surface area (Å²) in [5, 5.41) is 3.62. The molecule has 0 fully saturated rings. The van der Waals surface area contributed by atoms with Gasteiger partial charge < -0.3 is 11.1 Å². The average molecular weight is 327 g/mol. The molecule has 0 saturated heterocycles. The van der Waals surface area contributed by atoms with Crippen LogP contribution in [0, 0.1) is 11.8 Å². The summed E-state index contributed by atoms with van der Waals surface area (Å²) in [4.78, 5) is 0. The van der Waals surface area contributed by atoms with Crippen molar-refractivity contribution in [3.63, 3.8) is 0 Å². The predicted molar refractivity (Wildman–Crippen MR) is 106 cm³/mol. The summed E-state index contributed by atoms with van der Waals surface area (Å²) >= 11 is 0. The molecule has 1 aromatic carbocycles. The molecule has 0 aliphatic heterocycles. The fourth-order valence-electron chi connectivity index (χ4n) is 3.72. The van der Waals surface area contributed by atoms with Crippen LogP contribution in [0.5, 0.6) is 0 Å². The third-order valence-electron chi connectivity index (χ3n) is 5.41. The number of anilines is 1. The van der Waals surface area contributed by atoms with E-state index in [9.17, 15) is 0 Å². The standard InChI is InChI=1S/C22H34N2/c1-5-10-17(3)20-16-22(23,18(4)11-6-2)15-14-21(20)24-19-12-8-7-9-13-19/h7-9,12-15,17-18,24H,5-6,10-11,16,23H2,1-4H3. The zero-order valence-electron chi connectivity index (χ0n) is 15.8. The van der Waals surface area contributed by atoms with Gasteiger partial charge in [0.1, 0.15) is 0 Å². The van der Waals surface area contributed by atoms with Crippen molar-refractivity contribution in [3.8, 4) is 0 Å². The second-order valence-corrected chi connectivity index (χ2v) is 7.43.